The molecule has 0 radical (unpaired) electrons. The third-order valence-electron chi connectivity index (χ3n) is 4.87. The molecule has 2 nitrogen and oxygen atoms in total. The lowest BCUT2D eigenvalue weighted by molar-refractivity contribution is 0.110. The molecular formula is C16H34N2. The molecule has 1 saturated carbocycles. The van der Waals surface area contributed by atoms with E-state index < -0.39 is 0 Å². The van der Waals surface area contributed by atoms with E-state index in [-0.39, 0.29) is 0 Å². The number of nitrogens with one attached hydrogen (secondary N) is 1. The number of hydrogen-bond donors (Lipinski definition) is 1. The summed E-state index contributed by atoms with van der Waals surface area (Å²) in [5.41, 5.74) is 0.445. The average molecular weight is 254 g/mol. The summed E-state index contributed by atoms with van der Waals surface area (Å²) in [7, 11) is 0. The normalized spacial score (nSPS) is 28.8. The molecule has 1 aliphatic carbocycles. The summed E-state index contributed by atoms with van der Waals surface area (Å²) in [5, 5.41) is 3.82. The van der Waals surface area contributed by atoms with Gasteiger partial charge in [0.15, 0.2) is 0 Å². The lowest BCUT2D eigenvalue weighted by Crippen LogP contribution is -2.54. The predicted molar refractivity (Wildman–Crippen MR) is 81.0 cm³/mol. The van der Waals surface area contributed by atoms with Gasteiger partial charge in [0.05, 0.1) is 0 Å². The molecule has 0 bridgehead atoms. The quantitative estimate of drug-likeness (QED) is 0.746. The van der Waals surface area contributed by atoms with Gasteiger partial charge in [-0.15, -0.1) is 0 Å². The highest BCUT2D eigenvalue weighted by Gasteiger charge is 2.44. The Hall–Kier alpha value is -0.0800. The van der Waals surface area contributed by atoms with E-state index in [2.05, 4.69) is 51.8 Å². The van der Waals surface area contributed by atoms with Gasteiger partial charge in [0, 0.05) is 18.1 Å². The van der Waals surface area contributed by atoms with Crippen molar-refractivity contribution in [3.05, 3.63) is 0 Å². The van der Waals surface area contributed by atoms with Gasteiger partial charge in [-0.05, 0) is 51.1 Å². The van der Waals surface area contributed by atoms with Gasteiger partial charge in [-0.25, -0.2) is 0 Å². The molecule has 1 N–H and O–H groups in total. The van der Waals surface area contributed by atoms with Crippen LogP contribution in [0.4, 0.5) is 0 Å². The van der Waals surface area contributed by atoms with Gasteiger partial charge in [0.25, 0.3) is 0 Å². The molecule has 0 spiro atoms. The molecule has 3 unspecified atom stereocenters. The molecular weight excluding hydrogens is 220 g/mol. The van der Waals surface area contributed by atoms with Crippen molar-refractivity contribution >= 4 is 0 Å². The second-order valence-electron chi connectivity index (χ2n) is 6.61. The monoisotopic (exact) mass is 254 g/mol. The molecule has 2 heteroatoms. The zero-order valence-electron chi connectivity index (χ0n) is 13.4. The van der Waals surface area contributed by atoms with Gasteiger partial charge < -0.3 is 5.32 Å². The van der Waals surface area contributed by atoms with Gasteiger partial charge in [0.2, 0.25) is 0 Å². The maximum atomic E-state index is 3.82. The first-order valence-electron chi connectivity index (χ1n) is 7.97. The number of likely N-dealkylation sites (N-methyl/N-ethyl adjacent to an activating group) is 1. The second kappa shape index (κ2) is 6.91. The Morgan fingerprint density at radius 1 is 1.28 bits per heavy atom. The van der Waals surface area contributed by atoms with Crippen LogP contribution in [0.25, 0.3) is 0 Å². The zero-order valence-corrected chi connectivity index (χ0v) is 13.4. The molecule has 0 aliphatic heterocycles. The molecule has 0 heterocycles. The molecule has 108 valence electrons. The van der Waals surface area contributed by atoms with Crippen molar-refractivity contribution in [2.75, 3.05) is 13.1 Å². The van der Waals surface area contributed by atoms with Crippen molar-refractivity contribution < 1.29 is 0 Å². The average Bonchev–Trinajstić information content (AvgIpc) is 2.63. The summed E-state index contributed by atoms with van der Waals surface area (Å²) in [6, 6.07) is 2.10. The van der Waals surface area contributed by atoms with E-state index in [9.17, 15) is 0 Å². The van der Waals surface area contributed by atoms with E-state index >= 15 is 0 Å². The lowest BCUT2D eigenvalue weighted by Gasteiger charge is -2.40. The van der Waals surface area contributed by atoms with E-state index in [0.29, 0.717) is 17.5 Å². The summed E-state index contributed by atoms with van der Waals surface area (Å²) >= 11 is 0. The highest BCUT2D eigenvalue weighted by molar-refractivity contribution is 5.01. The number of hydrogen-bond acceptors (Lipinski definition) is 2. The first-order valence-corrected chi connectivity index (χ1v) is 7.97. The van der Waals surface area contributed by atoms with E-state index in [1.54, 1.807) is 0 Å². The van der Waals surface area contributed by atoms with E-state index in [0.717, 1.165) is 12.6 Å². The smallest absolute Gasteiger partial charge is 0.0274 e. The van der Waals surface area contributed by atoms with Crippen LogP contribution in [0.2, 0.25) is 0 Å². The Labute approximate surface area is 115 Å². The second-order valence-corrected chi connectivity index (χ2v) is 6.61. The Kier molecular flexibility index (Phi) is 6.13. The first-order chi connectivity index (χ1) is 8.47. The molecule has 0 saturated heterocycles. The van der Waals surface area contributed by atoms with Crippen LogP contribution in [-0.2, 0) is 0 Å². The molecule has 0 aromatic carbocycles. The van der Waals surface area contributed by atoms with Gasteiger partial charge in [-0.2, -0.15) is 0 Å². The van der Waals surface area contributed by atoms with Crippen LogP contribution in [0.1, 0.15) is 67.2 Å². The van der Waals surface area contributed by atoms with Crippen LogP contribution < -0.4 is 5.32 Å². The molecule has 1 aliphatic rings. The maximum Gasteiger partial charge on any atom is 0.0274 e. The topological polar surface area (TPSA) is 15.3 Å². The highest BCUT2D eigenvalue weighted by Crippen LogP contribution is 2.40. The molecule has 0 amide bonds. The molecule has 1 fully saturated rings. The van der Waals surface area contributed by atoms with Crippen LogP contribution in [0.15, 0.2) is 0 Å². The summed E-state index contributed by atoms with van der Waals surface area (Å²) in [5.74, 6) is 0. The minimum atomic E-state index is 0.445. The zero-order chi connectivity index (χ0) is 13.8. The molecule has 0 aromatic heterocycles. The minimum Gasteiger partial charge on any atom is -0.312 e. The van der Waals surface area contributed by atoms with Gasteiger partial charge in [0.1, 0.15) is 0 Å². The van der Waals surface area contributed by atoms with Crippen molar-refractivity contribution in [1.82, 2.24) is 10.2 Å². The van der Waals surface area contributed by atoms with Gasteiger partial charge in [-0.3, -0.25) is 4.90 Å². The highest BCUT2D eigenvalue weighted by atomic mass is 15.2. The summed E-state index contributed by atoms with van der Waals surface area (Å²) in [4.78, 5) is 2.72. The lowest BCUT2D eigenvalue weighted by atomic mass is 9.86. The van der Waals surface area contributed by atoms with Crippen molar-refractivity contribution in [3.63, 3.8) is 0 Å². The predicted octanol–water partition coefficient (Wildman–Crippen LogP) is 3.66. The number of nitrogens with zero attached hydrogens (tertiary/aromatic N) is 1. The fourth-order valence-electron chi connectivity index (χ4n) is 3.54. The fraction of sp³-hybridized carbons (Fsp3) is 1.00. The van der Waals surface area contributed by atoms with Crippen molar-refractivity contribution in [2.24, 2.45) is 5.41 Å². The van der Waals surface area contributed by atoms with E-state index in [1.807, 2.05) is 0 Å². The fourth-order valence-corrected chi connectivity index (χ4v) is 3.54. The van der Waals surface area contributed by atoms with Gasteiger partial charge in [-0.1, -0.05) is 34.6 Å². The summed E-state index contributed by atoms with van der Waals surface area (Å²) < 4.78 is 0. The van der Waals surface area contributed by atoms with Crippen molar-refractivity contribution in [3.8, 4) is 0 Å². The Bertz CT molecular complexity index is 237. The van der Waals surface area contributed by atoms with Crippen LogP contribution in [0.3, 0.4) is 0 Å². The maximum absolute atomic E-state index is 3.82. The Balaban J connectivity index is 2.78. The molecule has 0 aromatic rings. The first kappa shape index (κ1) is 16.0. The van der Waals surface area contributed by atoms with Crippen molar-refractivity contribution in [2.45, 2.75) is 85.4 Å². The minimum absolute atomic E-state index is 0.445. The largest absolute Gasteiger partial charge is 0.312 e. The SMILES string of the molecule is CCCNC1C(N(CC)C(C)CC)CCC1(C)C. The van der Waals surface area contributed by atoms with Crippen molar-refractivity contribution in [1.29, 1.82) is 0 Å². The van der Waals surface area contributed by atoms with E-state index in [1.165, 1.54) is 32.2 Å². The Morgan fingerprint density at radius 3 is 2.44 bits per heavy atom. The van der Waals surface area contributed by atoms with E-state index in [4.69, 9.17) is 0 Å². The third-order valence-corrected chi connectivity index (χ3v) is 4.87. The standard InChI is InChI=1S/C16H34N2/c1-7-12-17-15-14(10-11-16(15,5)6)18(9-3)13(4)8-2/h13-15,17H,7-12H2,1-6H3. The molecule has 18 heavy (non-hydrogen) atoms. The Morgan fingerprint density at radius 2 is 1.94 bits per heavy atom. The third kappa shape index (κ3) is 3.48. The summed E-state index contributed by atoms with van der Waals surface area (Å²) in [6.45, 7) is 16.5. The molecule has 3 atom stereocenters. The van der Waals surface area contributed by atoms with Gasteiger partial charge >= 0.3 is 0 Å². The van der Waals surface area contributed by atoms with Crippen LogP contribution in [0, 0.1) is 5.41 Å². The summed E-state index contributed by atoms with van der Waals surface area (Å²) in [6.07, 6.45) is 5.19. The van der Waals surface area contributed by atoms with Crippen LogP contribution in [0.5, 0.6) is 0 Å². The van der Waals surface area contributed by atoms with Crippen LogP contribution >= 0.6 is 0 Å². The molecule has 1 rings (SSSR count). The number of rotatable bonds is 7. The van der Waals surface area contributed by atoms with Crippen LogP contribution in [-0.4, -0.2) is 36.1 Å².